The van der Waals surface area contributed by atoms with Gasteiger partial charge in [-0.1, -0.05) is 23.2 Å². The summed E-state index contributed by atoms with van der Waals surface area (Å²) < 4.78 is 10.3. The van der Waals surface area contributed by atoms with Crippen LogP contribution in [0.4, 0.5) is 5.69 Å². The predicted molar refractivity (Wildman–Crippen MR) is 86.5 cm³/mol. The first-order valence-electron chi connectivity index (χ1n) is 6.90. The molecule has 1 saturated heterocycles. The Bertz CT molecular complexity index is 560. The monoisotopic (exact) mass is 345 g/mol. The fourth-order valence-electron chi connectivity index (χ4n) is 1.91. The molecule has 0 atom stereocenters. The molecular formula is C14H17Cl2N3O3. The molecule has 1 aromatic rings. The normalized spacial score (nSPS) is 15.6. The van der Waals surface area contributed by atoms with E-state index in [1.807, 2.05) is 4.90 Å². The van der Waals surface area contributed by atoms with Crippen molar-refractivity contribution in [2.24, 2.45) is 5.10 Å². The zero-order valence-corrected chi connectivity index (χ0v) is 13.7. The van der Waals surface area contributed by atoms with E-state index in [1.165, 1.54) is 0 Å². The largest absolute Gasteiger partial charge is 0.460 e. The van der Waals surface area contributed by atoms with Crippen LogP contribution in [0.25, 0.3) is 0 Å². The highest BCUT2D eigenvalue weighted by Crippen LogP contribution is 2.25. The number of esters is 1. The van der Waals surface area contributed by atoms with Crippen LogP contribution in [0.2, 0.25) is 10.0 Å². The highest BCUT2D eigenvalue weighted by molar-refractivity contribution is 6.37. The van der Waals surface area contributed by atoms with Gasteiger partial charge in [-0.2, -0.15) is 0 Å². The molecule has 6 nitrogen and oxygen atoms in total. The molecule has 1 fully saturated rings. The molecule has 2 rings (SSSR count). The number of morpholine rings is 1. The van der Waals surface area contributed by atoms with Crippen LogP contribution in [0.1, 0.15) is 6.92 Å². The van der Waals surface area contributed by atoms with E-state index in [-0.39, 0.29) is 12.4 Å². The van der Waals surface area contributed by atoms with Crippen molar-refractivity contribution in [2.75, 3.05) is 38.3 Å². The molecule has 0 spiro atoms. The van der Waals surface area contributed by atoms with E-state index in [0.29, 0.717) is 42.0 Å². The van der Waals surface area contributed by atoms with Crippen LogP contribution in [0, 0.1) is 0 Å². The van der Waals surface area contributed by atoms with Crippen LogP contribution in [0.3, 0.4) is 0 Å². The van der Waals surface area contributed by atoms with Crippen LogP contribution in [-0.2, 0) is 14.3 Å². The van der Waals surface area contributed by atoms with Gasteiger partial charge in [0.25, 0.3) is 0 Å². The van der Waals surface area contributed by atoms with Crippen molar-refractivity contribution in [1.29, 1.82) is 0 Å². The zero-order valence-electron chi connectivity index (χ0n) is 12.1. The highest BCUT2D eigenvalue weighted by atomic mass is 35.5. The number of ether oxygens (including phenoxy) is 2. The minimum atomic E-state index is -0.484. The molecule has 1 aromatic carbocycles. The van der Waals surface area contributed by atoms with E-state index in [1.54, 1.807) is 25.1 Å². The number of nitrogens with one attached hydrogen (secondary N) is 1. The third kappa shape index (κ3) is 4.50. The van der Waals surface area contributed by atoms with Gasteiger partial charge in [-0.05, 0) is 25.1 Å². The number of hydrazone groups is 1. The molecular weight excluding hydrogens is 329 g/mol. The number of carbonyl (C=O) groups is 1. The van der Waals surface area contributed by atoms with Crippen molar-refractivity contribution in [1.82, 2.24) is 4.90 Å². The molecule has 0 unspecified atom stereocenters. The summed E-state index contributed by atoms with van der Waals surface area (Å²) in [4.78, 5) is 13.9. The topological polar surface area (TPSA) is 63.2 Å². The highest BCUT2D eigenvalue weighted by Gasteiger charge is 2.23. The van der Waals surface area contributed by atoms with Gasteiger partial charge in [0.15, 0.2) is 0 Å². The van der Waals surface area contributed by atoms with Crippen molar-refractivity contribution >= 4 is 40.7 Å². The first-order chi connectivity index (χ1) is 10.6. The minimum absolute atomic E-state index is 0.205. The lowest BCUT2D eigenvalue weighted by molar-refractivity contribution is -0.136. The lowest BCUT2D eigenvalue weighted by Crippen LogP contribution is -2.45. The van der Waals surface area contributed by atoms with Gasteiger partial charge >= 0.3 is 5.97 Å². The Kier molecular flexibility index (Phi) is 6.30. The molecule has 0 radical (unpaired) electrons. The number of carbonyl (C=O) groups excluding carboxylic acids is 1. The van der Waals surface area contributed by atoms with Crippen LogP contribution in [0.15, 0.2) is 23.3 Å². The molecule has 1 aliphatic rings. The summed E-state index contributed by atoms with van der Waals surface area (Å²) in [6, 6.07) is 4.97. The predicted octanol–water partition coefficient (Wildman–Crippen LogP) is 2.61. The molecule has 120 valence electrons. The molecule has 8 heteroatoms. The molecule has 0 aliphatic carbocycles. The number of hydrogen-bond donors (Lipinski definition) is 1. The van der Waals surface area contributed by atoms with Crippen molar-refractivity contribution in [2.45, 2.75) is 6.92 Å². The van der Waals surface area contributed by atoms with E-state index in [0.717, 1.165) is 0 Å². The molecule has 0 bridgehead atoms. The zero-order chi connectivity index (χ0) is 15.9. The number of hydrogen-bond acceptors (Lipinski definition) is 5. The average Bonchev–Trinajstić information content (AvgIpc) is 2.51. The van der Waals surface area contributed by atoms with Gasteiger partial charge in [0.1, 0.15) is 0 Å². The van der Waals surface area contributed by atoms with Crippen LogP contribution >= 0.6 is 23.2 Å². The van der Waals surface area contributed by atoms with Crippen molar-refractivity contribution in [3.63, 3.8) is 0 Å². The first kappa shape index (κ1) is 16.9. The SMILES string of the molecule is CCOC(=O)/C(=N/Nc1ccc(Cl)cc1Cl)N1CCOCC1. The molecule has 0 aromatic heterocycles. The Morgan fingerprint density at radius 3 is 2.77 bits per heavy atom. The third-order valence-electron chi connectivity index (χ3n) is 2.98. The number of rotatable bonds is 3. The van der Waals surface area contributed by atoms with Gasteiger partial charge in [-0.25, -0.2) is 4.79 Å². The second kappa shape index (κ2) is 8.22. The van der Waals surface area contributed by atoms with Crippen molar-refractivity contribution < 1.29 is 14.3 Å². The van der Waals surface area contributed by atoms with E-state index in [9.17, 15) is 4.79 Å². The molecule has 0 amide bonds. The van der Waals surface area contributed by atoms with Crippen molar-refractivity contribution in [3.8, 4) is 0 Å². The third-order valence-corrected chi connectivity index (χ3v) is 3.53. The summed E-state index contributed by atoms with van der Waals surface area (Å²) in [5, 5.41) is 5.11. The summed E-state index contributed by atoms with van der Waals surface area (Å²) in [5.74, 6) is -0.279. The number of amidine groups is 1. The smallest absolute Gasteiger partial charge is 0.375 e. The Labute approximate surface area is 139 Å². The van der Waals surface area contributed by atoms with Gasteiger partial charge in [0, 0.05) is 18.1 Å². The summed E-state index contributed by atoms with van der Waals surface area (Å²) in [6.45, 7) is 4.27. The molecule has 1 aliphatic heterocycles. The molecule has 22 heavy (non-hydrogen) atoms. The lowest BCUT2D eigenvalue weighted by atomic mass is 10.3. The average molecular weight is 346 g/mol. The fourth-order valence-corrected chi connectivity index (χ4v) is 2.36. The van der Waals surface area contributed by atoms with Gasteiger partial charge < -0.3 is 14.4 Å². The summed E-state index contributed by atoms with van der Waals surface area (Å²) >= 11 is 11.9. The molecule has 1 heterocycles. The quantitative estimate of drug-likeness (QED) is 0.395. The maximum Gasteiger partial charge on any atom is 0.375 e. The Balaban J connectivity index is 2.17. The van der Waals surface area contributed by atoms with Gasteiger partial charge in [-0.15, -0.1) is 5.10 Å². The summed E-state index contributed by atoms with van der Waals surface area (Å²) in [6.07, 6.45) is 0. The number of nitrogens with zero attached hydrogens (tertiary/aromatic N) is 2. The minimum Gasteiger partial charge on any atom is -0.460 e. The number of halogens is 2. The fraction of sp³-hybridized carbons (Fsp3) is 0.429. The maximum absolute atomic E-state index is 12.1. The summed E-state index contributed by atoms with van der Waals surface area (Å²) in [7, 11) is 0. The number of benzene rings is 1. The Morgan fingerprint density at radius 2 is 2.14 bits per heavy atom. The van der Waals surface area contributed by atoms with Crippen LogP contribution in [-0.4, -0.2) is 49.6 Å². The van der Waals surface area contributed by atoms with E-state index < -0.39 is 5.97 Å². The Hall–Kier alpha value is -1.50. The van der Waals surface area contributed by atoms with Crippen molar-refractivity contribution in [3.05, 3.63) is 28.2 Å². The lowest BCUT2D eigenvalue weighted by Gasteiger charge is -2.28. The number of anilines is 1. The van der Waals surface area contributed by atoms with E-state index in [2.05, 4.69) is 10.5 Å². The van der Waals surface area contributed by atoms with E-state index in [4.69, 9.17) is 32.7 Å². The van der Waals surface area contributed by atoms with Gasteiger partial charge in [-0.3, -0.25) is 5.43 Å². The Morgan fingerprint density at radius 1 is 1.41 bits per heavy atom. The second-order valence-corrected chi connectivity index (χ2v) is 5.33. The van der Waals surface area contributed by atoms with Crippen LogP contribution < -0.4 is 5.43 Å². The maximum atomic E-state index is 12.1. The molecule has 1 N–H and O–H groups in total. The first-order valence-corrected chi connectivity index (χ1v) is 7.66. The second-order valence-electron chi connectivity index (χ2n) is 4.49. The van der Waals surface area contributed by atoms with E-state index >= 15 is 0 Å². The van der Waals surface area contributed by atoms with Gasteiger partial charge in [0.05, 0.1) is 30.5 Å². The molecule has 0 saturated carbocycles. The van der Waals surface area contributed by atoms with Gasteiger partial charge in [0.2, 0.25) is 5.84 Å². The van der Waals surface area contributed by atoms with Crippen LogP contribution in [0.5, 0.6) is 0 Å². The summed E-state index contributed by atoms with van der Waals surface area (Å²) in [5.41, 5.74) is 3.35. The standard InChI is InChI=1S/C14H17Cl2N3O3/c1-2-22-14(20)13(19-5-7-21-8-6-19)18-17-12-4-3-10(15)9-11(12)16/h3-4,9,17H,2,5-8H2,1H3/b18-13-.